The molecule has 0 radical (unpaired) electrons. The molecule has 1 aromatic carbocycles. The summed E-state index contributed by atoms with van der Waals surface area (Å²) in [5.74, 6) is -1.90. The van der Waals surface area contributed by atoms with Crippen LogP contribution in [-0.2, 0) is 14.8 Å². The molecule has 34 heavy (non-hydrogen) atoms. The molecule has 184 valence electrons. The van der Waals surface area contributed by atoms with E-state index in [0.717, 1.165) is 16.8 Å². The molecule has 0 spiro atoms. The second kappa shape index (κ2) is 8.60. The zero-order valence-electron chi connectivity index (χ0n) is 18.7. The summed E-state index contributed by atoms with van der Waals surface area (Å²) < 4.78 is 63.4. The van der Waals surface area contributed by atoms with E-state index in [0.29, 0.717) is 19.3 Å². The van der Waals surface area contributed by atoms with Gasteiger partial charge in [-0.15, -0.1) is 10.2 Å². The van der Waals surface area contributed by atoms with Crippen molar-refractivity contribution in [3.63, 3.8) is 0 Å². The molecule has 2 aliphatic rings. The van der Waals surface area contributed by atoms with Gasteiger partial charge in [0.1, 0.15) is 10.5 Å². The van der Waals surface area contributed by atoms with Crippen LogP contribution in [0.4, 0.5) is 13.6 Å². The zero-order valence-corrected chi connectivity index (χ0v) is 19.6. The van der Waals surface area contributed by atoms with E-state index in [1.807, 2.05) is 0 Å². The first-order chi connectivity index (χ1) is 15.9. The van der Waals surface area contributed by atoms with Gasteiger partial charge in [-0.1, -0.05) is 12.8 Å². The van der Waals surface area contributed by atoms with Crippen LogP contribution in [0, 0.1) is 0 Å². The largest absolute Gasteiger partial charge is 0.444 e. The molecule has 4 rings (SSSR count). The lowest BCUT2D eigenvalue weighted by atomic mass is 9.90. The summed E-state index contributed by atoms with van der Waals surface area (Å²) in [6.45, 7) is 5.13. The molecule has 2 heterocycles. The van der Waals surface area contributed by atoms with Crippen LogP contribution in [-0.4, -0.2) is 52.6 Å². The van der Waals surface area contributed by atoms with Crippen molar-refractivity contribution < 1.29 is 35.9 Å². The third-order valence-electron chi connectivity index (χ3n) is 5.56. The van der Waals surface area contributed by atoms with Crippen LogP contribution in [0.1, 0.15) is 69.1 Å². The molecule has 1 aliphatic heterocycles. The Hall–Kier alpha value is -3.09. The van der Waals surface area contributed by atoms with Crippen molar-refractivity contribution in [3.8, 4) is 11.5 Å². The Morgan fingerprint density at radius 3 is 2.59 bits per heavy atom. The predicted molar refractivity (Wildman–Crippen MR) is 113 cm³/mol. The van der Waals surface area contributed by atoms with Gasteiger partial charge in [0.2, 0.25) is 5.89 Å². The highest BCUT2D eigenvalue weighted by molar-refractivity contribution is 7.90. The Bertz CT molecular complexity index is 1220. The number of halogens is 2. The van der Waals surface area contributed by atoms with Crippen molar-refractivity contribution in [3.05, 3.63) is 29.7 Å². The zero-order chi connectivity index (χ0) is 24.8. The van der Waals surface area contributed by atoms with Gasteiger partial charge in [-0.3, -0.25) is 4.79 Å². The number of hydrogen-bond acceptors (Lipinski definition) is 8. The second-order valence-corrected chi connectivity index (χ2v) is 11.0. The van der Waals surface area contributed by atoms with Crippen molar-refractivity contribution in [1.29, 1.82) is 0 Å². The quantitative estimate of drug-likeness (QED) is 0.676. The number of hydrogen-bond donors (Lipinski definition) is 1. The number of ether oxygens (including phenoxy) is 1. The average molecular weight is 499 g/mol. The van der Waals surface area contributed by atoms with E-state index in [1.165, 1.54) is 12.1 Å². The molecule has 1 aromatic heterocycles. The molecule has 2 aromatic rings. The number of nitrogens with one attached hydrogen (secondary N) is 1. The summed E-state index contributed by atoms with van der Waals surface area (Å²) >= 11 is 0. The van der Waals surface area contributed by atoms with Gasteiger partial charge in [0.05, 0.1) is 17.6 Å². The van der Waals surface area contributed by atoms with Crippen LogP contribution in [0.25, 0.3) is 11.5 Å². The van der Waals surface area contributed by atoms with Gasteiger partial charge in [-0.05, 0) is 51.8 Å². The van der Waals surface area contributed by atoms with Gasteiger partial charge in [0.15, 0.2) is 0 Å². The van der Waals surface area contributed by atoms with Gasteiger partial charge in [-0.2, -0.15) is 8.78 Å². The number of nitrogens with zero attached hydrogens (tertiary/aromatic N) is 3. The number of rotatable bonds is 4. The van der Waals surface area contributed by atoms with Crippen molar-refractivity contribution in [2.24, 2.45) is 0 Å². The minimum Gasteiger partial charge on any atom is -0.444 e. The summed E-state index contributed by atoms with van der Waals surface area (Å²) in [5, 5.41) is 9.49. The molecule has 2 amide bonds. The minimum atomic E-state index is -4.29. The summed E-state index contributed by atoms with van der Waals surface area (Å²) in [6.07, 6.45) is -1.40. The molecule has 2 atom stereocenters. The highest BCUT2D eigenvalue weighted by Crippen LogP contribution is 2.38. The standard InChI is InChI=1S/C21H24F2N4O6S/c1-21(2,3)33-20(29)24-13-6-4-5-7-14(13)27-19(28)12-9-8-11(10-15(12)34(27,30)31)17-25-26-18(32-17)16(22)23/h8-10,13-14,16H,4-7H2,1-3H3,(H,24,29)/t13-,14-/m1/s1. The number of aromatic nitrogens is 2. The first kappa shape index (κ1) is 24.0. The summed E-state index contributed by atoms with van der Waals surface area (Å²) in [5.41, 5.74) is -0.711. The maximum absolute atomic E-state index is 13.4. The summed E-state index contributed by atoms with van der Waals surface area (Å²) in [6, 6.07) is 2.38. The fraction of sp³-hybridized carbons (Fsp3) is 0.524. The Morgan fingerprint density at radius 1 is 1.24 bits per heavy atom. The van der Waals surface area contributed by atoms with Gasteiger partial charge in [-0.25, -0.2) is 17.5 Å². The van der Waals surface area contributed by atoms with E-state index < -0.39 is 52.0 Å². The first-order valence-corrected chi connectivity index (χ1v) is 12.2. The Labute approximate surface area is 194 Å². The lowest BCUT2D eigenvalue weighted by Gasteiger charge is -2.37. The minimum absolute atomic E-state index is 0.0565. The monoisotopic (exact) mass is 498 g/mol. The molecular weight excluding hydrogens is 474 g/mol. The number of amides is 2. The van der Waals surface area contributed by atoms with Gasteiger partial charge in [0.25, 0.3) is 21.8 Å². The SMILES string of the molecule is CC(C)(C)OC(=O)N[C@@H]1CCCC[C@H]1N1C(=O)c2ccc(-c3nnc(C(F)F)o3)cc2S1(=O)=O. The highest BCUT2D eigenvalue weighted by atomic mass is 32.2. The van der Waals surface area contributed by atoms with Gasteiger partial charge in [0, 0.05) is 5.56 Å². The molecule has 1 saturated carbocycles. The lowest BCUT2D eigenvalue weighted by molar-refractivity contribution is 0.0449. The fourth-order valence-electron chi connectivity index (χ4n) is 4.17. The van der Waals surface area contributed by atoms with E-state index in [4.69, 9.17) is 9.15 Å². The smallest absolute Gasteiger partial charge is 0.407 e. The van der Waals surface area contributed by atoms with Crippen LogP contribution in [0.3, 0.4) is 0 Å². The van der Waals surface area contributed by atoms with Crippen molar-refractivity contribution in [1.82, 2.24) is 19.8 Å². The fourth-order valence-corrected chi connectivity index (χ4v) is 6.01. The second-order valence-electron chi connectivity index (χ2n) is 9.17. The van der Waals surface area contributed by atoms with E-state index >= 15 is 0 Å². The van der Waals surface area contributed by atoms with Crippen LogP contribution in [0.2, 0.25) is 0 Å². The van der Waals surface area contributed by atoms with Crippen LogP contribution < -0.4 is 5.32 Å². The molecule has 0 unspecified atom stereocenters. The third-order valence-corrected chi connectivity index (χ3v) is 7.40. The molecule has 13 heteroatoms. The van der Waals surface area contributed by atoms with E-state index in [2.05, 4.69) is 15.5 Å². The number of benzene rings is 1. The lowest BCUT2D eigenvalue weighted by Crippen LogP contribution is -2.55. The maximum atomic E-state index is 13.4. The molecule has 1 N–H and O–H groups in total. The van der Waals surface area contributed by atoms with E-state index in [9.17, 15) is 26.8 Å². The maximum Gasteiger partial charge on any atom is 0.407 e. The molecular formula is C21H24F2N4O6S. The normalized spacial score (nSPS) is 22.1. The highest BCUT2D eigenvalue weighted by Gasteiger charge is 2.48. The van der Waals surface area contributed by atoms with Crippen LogP contribution in [0.5, 0.6) is 0 Å². The first-order valence-electron chi connectivity index (χ1n) is 10.7. The number of carbonyl (C=O) groups is 2. The molecule has 0 bridgehead atoms. The summed E-state index contributed by atoms with van der Waals surface area (Å²) in [7, 11) is -4.29. The Balaban J connectivity index is 1.64. The van der Waals surface area contributed by atoms with Crippen molar-refractivity contribution in [2.75, 3.05) is 0 Å². The molecule has 10 nitrogen and oxygen atoms in total. The van der Waals surface area contributed by atoms with Crippen molar-refractivity contribution in [2.45, 2.75) is 75.5 Å². The van der Waals surface area contributed by atoms with Crippen LogP contribution >= 0.6 is 0 Å². The van der Waals surface area contributed by atoms with Crippen molar-refractivity contribution >= 4 is 22.0 Å². The molecule has 1 fully saturated rings. The number of sulfonamides is 1. The molecule has 1 aliphatic carbocycles. The van der Waals surface area contributed by atoms with E-state index in [-0.39, 0.29) is 21.9 Å². The Kier molecular flexibility index (Phi) is 6.08. The van der Waals surface area contributed by atoms with Gasteiger partial charge < -0.3 is 14.5 Å². The number of fused-ring (bicyclic) bond motifs is 1. The number of alkyl halides is 2. The van der Waals surface area contributed by atoms with E-state index in [1.54, 1.807) is 20.8 Å². The number of carbonyl (C=O) groups excluding carboxylic acids is 2. The average Bonchev–Trinajstić information content (AvgIpc) is 3.30. The predicted octanol–water partition coefficient (Wildman–Crippen LogP) is 3.65. The molecule has 0 saturated heterocycles. The number of alkyl carbamates (subject to hydrolysis) is 1. The van der Waals surface area contributed by atoms with Gasteiger partial charge >= 0.3 is 12.5 Å². The Morgan fingerprint density at radius 2 is 1.94 bits per heavy atom. The summed E-state index contributed by atoms with van der Waals surface area (Å²) in [4.78, 5) is 25.2. The van der Waals surface area contributed by atoms with Crippen LogP contribution in [0.15, 0.2) is 27.5 Å². The topological polar surface area (TPSA) is 132 Å². The third kappa shape index (κ3) is 4.48.